The summed E-state index contributed by atoms with van der Waals surface area (Å²) in [6.07, 6.45) is 1.79. The molecule has 2 heterocycles. The van der Waals surface area contributed by atoms with Gasteiger partial charge in [0, 0.05) is 16.7 Å². The standard InChI is InChI=1S/C24H12N4O2S/c1-31-23-16(11-25)18(13-7-3-2-4-8-13)17(12-26)28-20-19(27-24(23)28)21(29)14-9-5-6-10-15(14)22(20)30/h2-10H,1H3. The van der Waals surface area contributed by atoms with Crippen LogP contribution < -0.4 is 0 Å². The maximum Gasteiger partial charge on any atom is 0.214 e. The van der Waals surface area contributed by atoms with Crippen molar-refractivity contribution in [3.8, 4) is 23.3 Å². The molecule has 2 aromatic carbocycles. The van der Waals surface area contributed by atoms with Crippen molar-refractivity contribution in [3.63, 3.8) is 0 Å². The fraction of sp³-hybridized carbons (Fsp3) is 0.0417. The van der Waals surface area contributed by atoms with Gasteiger partial charge in [-0.1, -0.05) is 54.6 Å². The Balaban J connectivity index is 2.00. The van der Waals surface area contributed by atoms with Gasteiger partial charge in [0.2, 0.25) is 11.6 Å². The number of nitriles is 2. The van der Waals surface area contributed by atoms with Crippen molar-refractivity contribution in [2.75, 3.05) is 6.26 Å². The van der Waals surface area contributed by atoms with E-state index < -0.39 is 0 Å². The molecule has 0 fully saturated rings. The summed E-state index contributed by atoms with van der Waals surface area (Å²) in [5.41, 5.74) is 2.38. The average Bonchev–Trinajstić information content (AvgIpc) is 3.22. The highest BCUT2D eigenvalue weighted by atomic mass is 32.2. The van der Waals surface area contributed by atoms with Crippen molar-refractivity contribution in [1.29, 1.82) is 10.5 Å². The second-order valence-corrected chi connectivity index (χ2v) is 7.71. The molecule has 0 saturated heterocycles. The van der Waals surface area contributed by atoms with Crippen LogP contribution in [0.1, 0.15) is 43.4 Å². The summed E-state index contributed by atoms with van der Waals surface area (Å²) in [7, 11) is 0. The molecule has 0 N–H and O–H groups in total. The van der Waals surface area contributed by atoms with Crippen LogP contribution in [-0.2, 0) is 0 Å². The van der Waals surface area contributed by atoms with Crippen molar-refractivity contribution in [2.24, 2.45) is 0 Å². The number of fused-ring (bicyclic) bond motifs is 4. The van der Waals surface area contributed by atoms with E-state index in [1.165, 1.54) is 16.2 Å². The number of hydrogen-bond donors (Lipinski definition) is 0. The number of benzene rings is 2. The molecule has 0 bridgehead atoms. The van der Waals surface area contributed by atoms with Crippen LogP contribution in [0.15, 0.2) is 59.5 Å². The Morgan fingerprint density at radius 3 is 2.16 bits per heavy atom. The summed E-state index contributed by atoms with van der Waals surface area (Å²) in [5.74, 6) is -0.741. The van der Waals surface area contributed by atoms with Gasteiger partial charge in [-0.2, -0.15) is 10.5 Å². The number of rotatable bonds is 2. The first kappa shape index (κ1) is 18.8. The number of carbonyl (C=O) groups excluding carboxylic acids is 2. The van der Waals surface area contributed by atoms with Gasteiger partial charge in [0.15, 0.2) is 5.65 Å². The van der Waals surface area contributed by atoms with Gasteiger partial charge < -0.3 is 0 Å². The highest BCUT2D eigenvalue weighted by Crippen LogP contribution is 2.39. The molecular weight excluding hydrogens is 408 g/mol. The monoisotopic (exact) mass is 420 g/mol. The highest BCUT2D eigenvalue weighted by molar-refractivity contribution is 7.98. The molecular formula is C24H12N4O2S. The van der Waals surface area contributed by atoms with E-state index in [4.69, 9.17) is 0 Å². The molecule has 0 atom stereocenters. The normalized spacial score (nSPS) is 12.2. The molecule has 2 aromatic heterocycles. The number of thioether (sulfide) groups is 1. The first-order valence-electron chi connectivity index (χ1n) is 9.32. The quantitative estimate of drug-likeness (QED) is 0.396. The molecule has 1 aliphatic rings. The zero-order chi connectivity index (χ0) is 21.7. The van der Waals surface area contributed by atoms with E-state index in [1.54, 1.807) is 42.7 Å². The van der Waals surface area contributed by atoms with Crippen molar-refractivity contribution < 1.29 is 9.59 Å². The maximum atomic E-state index is 13.4. The van der Waals surface area contributed by atoms with Gasteiger partial charge in [-0.25, -0.2) is 4.98 Å². The fourth-order valence-corrected chi connectivity index (χ4v) is 4.71. The van der Waals surface area contributed by atoms with Crippen LogP contribution in [0.2, 0.25) is 0 Å². The van der Waals surface area contributed by atoms with Gasteiger partial charge in [0.05, 0.1) is 10.5 Å². The maximum absolute atomic E-state index is 13.4. The Bertz CT molecular complexity index is 1520. The van der Waals surface area contributed by atoms with Gasteiger partial charge in [0.25, 0.3) is 0 Å². The fourth-order valence-electron chi connectivity index (χ4n) is 4.04. The van der Waals surface area contributed by atoms with Crippen LogP contribution in [0.5, 0.6) is 0 Å². The molecule has 0 unspecified atom stereocenters. The van der Waals surface area contributed by atoms with E-state index in [1.807, 2.05) is 18.2 Å². The first-order chi connectivity index (χ1) is 15.1. The molecule has 4 aromatic rings. The minimum Gasteiger partial charge on any atom is -0.287 e. The molecule has 0 amide bonds. The topological polar surface area (TPSA) is 99.0 Å². The Morgan fingerprint density at radius 1 is 0.903 bits per heavy atom. The van der Waals surface area contributed by atoms with Gasteiger partial charge in [-0.05, 0) is 11.8 Å². The molecule has 0 spiro atoms. The first-order valence-corrected chi connectivity index (χ1v) is 10.5. The van der Waals surface area contributed by atoms with Crippen molar-refractivity contribution >= 4 is 29.0 Å². The van der Waals surface area contributed by atoms with E-state index >= 15 is 0 Å². The number of hydrogen-bond acceptors (Lipinski definition) is 6. The Morgan fingerprint density at radius 2 is 1.55 bits per heavy atom. The summed E-state index contributed by atoms with van der Waals surface area (Å²) in [5, 5.41) is 20.1. The molecule has 7 heteroatoms. The summed E-state index contributed by atoms with van der Waals surface area (Å²) in [4.78, 5) is 31.5. The zero-order valence-electron chi connectivity index (χ0n) is 16.2. The van der Waals surface area contributed by atoms with E-state index in [9.17, 15) is 20.1 Å². The molecule has 0 aliphatic heterocycles. The lowest BCUT2D eigenvalue weighted by atomic mass is 9.90. The van der Waals surface area contributed by atoms with Gasteiger partial charge in [0.1, 0.15) is 29.2 Å². The van der Waals surface area contributed by atoms with Crippen molar-refractivity contribution in [2.45, 2.75) is 4.90 Å². The van der Waals surface area contributed by atoms with Crippen LogP contribution in [0.25, 0.3) is 16.8 Å². The summed E-state index contributed by atoms with van der Waals surface area (Å²) < 4.78 is 1.44. The van der Waals surface area contributed by atoms with Crippen LogP contribution in [0.4, 0.5) is 0 Å². The number of carbonyl (C=O) groups is 2. The third-order valence-corrected chi connectivity index (χ3v) is 6.14. The van der Waals surface area contributed by atoms with Crippen LogP contribution in [0, 0.1) is 22.7 Å². The molecule has 0 saturated carbocycles. The third-order valence-electron chi connectivity index (χ3n) is 5.35. The SMILES string of the molecule is CSc1c(C#N)c(-c2ccccc2)c(C#N)n2c3c(nc12)C(=O)c1ccccc1C3=O. The van der Waals surface area contributed by atoms with E-state index in [0.717, 1.165) is 0 Å². The summed E-state index contributed by atoms with van der Waals surface area (Å²) in [6.45, 7) is 0. The van der Waals surface area contributed by atoms with E-state index in [0.29, 0.717) is 21.6 Å². The number of imidazole rings is 1. The zero-order valence-corrected chi connectivity index (χ0v) is 17.0. The number of ketones is 2. The van der Waals surface area contributed by atoms with Crippen LogP contribution in [-0.4, -0.2) is 27.2 Å². The predicted molar refractivity (Wildman–Crippen MR) is 115 cm³/mol. The summed E-state index contributed by atoms with van der Waals surface area (Å²) in [6, 6.07) is 20.0. The van der Waals surface area contributed by atoms with Gasteiger partial charge in [-0.15, -0.1) is 11.8 Å². The Hall–Kier alpha value is -4.20. The largest absolute Gasteiger partial charge is 0.287 e. The predicted octanol–water partition coefficient (Wildman–Crippen LogP) is 4.24. The van der Waals surface area contributed by atoms with E-state index in [2.05, 4.69) is 17.1 Å². The average molecular weight is 420 g/mol. The molecule has 6 nitrogen and oxygen atoms in total. The lowest BCUT2D eigenvalue weighted by molar-refractivity contribution is 0.0973. The van der Waals surface area contributed by atoms with Crippen LogP contribution in [0.3, 0.4) is 0 Å². The lowest BCUT2D eigenvalue weighted by Gasteiger charge is -2.16. The van der Waals surface area contributed by atoms with E-state index in [-0.39, 0.29) is 45.4 Å². The lowest BCUT2D eigenvalue weighted by Crippen LogP contribution is -2.22. The minimum absolute atomic E-state index is 0.00426. The smallest absolute Gasteiger partial charge is 0.214 e. The second kappa shape index (κ2) is 6.94. The summed E-state index contributed by atoms with van der Waals surface area (Å²) >= 11 is 1.29. The Labute approximate surface area is 181 Å². The molecule has 1 aliphatic carbocycles. The number of pyridine rings is 1. The number of aromatic nitrogens is 2. The molecule has 0 radical (unpaired) electrons. The highest BCUT2D eigenvalue weighted by Gasteiger charge is 2.37. The van der Waals surface area contributed by atoms with Gasteiger partial charge >= 0.3 is 0 Å². The molecule has 31 heavy (non-hydrogen) atoms. The van der Waals surface area contributed by atoms with Crippen molar-refractivity contribution in [3.05, 3.63) is 88.4 Å². The Kier molecular flexibility index (Phi) is 4.21. The molecule has 5 rings (SSSR count). The number of nitrogens with zero attached hydrogens (tertiary/aromatic N) is 4. The third kappa shape index (κ3) is 2.48. The molecule has 146 valence electrons. The van der Waals surface area contributed by atoms with Gasteiger partial charge in [-0.3, -0.25) is 14.0 Å². The van der Waals surface area contributed by atoms with Crippen LogP contribution >= 0.6 is 11.8 Å². The van der Waals surface area contributed by atoms with Crippen molar-refractivity contribution in [1.82, 2.24) is 9.38 Å². The second-order valence-electron chi connectivity index (χ2n) is 6.89. The minimum atomic E-state index is -0.371.